The quantitative estimate of drug-likeness (QED) is 0.735. The molecule has 2 rings (SSSR count). The summed E-state index contributed by atoms with van der Waals surface area (Å²) in [6.45, 7) is 5.41. The lowest BCUT2D eigenvalue weighted by molar-refractivity contribution is 0.0990. The lowest BCUT2D eigenvalue weighted by atomic mass is 10.2. The van der Waals surface area contributed by atoms with E-state index < -0.39 is 5.91 Å². The second-order valence-corrected chi connectivity index (χ2v) is 4.44. The van der Waals surface area contributed by atoms with Gasteiger partial charge in [-0.25, -0.2) is 9.97 Å². The fourth-order valence-electron chi connectivity index (χ4n) is 2.01. The number of aromatic nitrogens is 2. The zero-order chi connectivity index (χ0) is 12.6. The summed E-state index contributed by atoms with van der Waals surface area (Å²) < 4.78 is 0. The summed E-state index contributed by atoms with van der Waals surface area (Å²) in [6, 6.07) is 0.168. The van der Waals surface area contributed by atoms with Gasteiger partial charge in [0.05, 0.1) is 0 Å². The van der Waals surface area contributed by atoms with E-state index in [2.05, 4.69) is 14.9 Å². The maximum Gasteiger partial charge on any atom is 0.286 e. The maximum atomic E-state index is 11.1. The number of nitrogens with two attached hydrogens (primary N) is 2. The van der Waals surface area contributed by atoms with E-state index in [1.165, 1.54) is 0 Å². The molecule has 0 saturated carbocycles. The van der Waals surface area contributed by atoms with Crippen LogP contribution in [0.25, 0.3) is 0 Å². The van der Waals surface area contributed by atoms with Gasteiger partial charge in [-0.05, 0) is 20.3 Å². The summed E-state index contributed by atoms with van der Waals surface area (Å²) in [7, 11) is 0. The topological polar surface area (TPSA) is 98.1 Å². The van der Waals surface area contributed by atoms with Gasteiger partial charge in [0.25, 0.3) is 5.91 Å². The van der Waals surface area contributed by atoms with Crippen LogP contribution in [0, 0.1) is 13.8 Å². The van der Waals surface area contributed by atoms with E-state index in [1.807, 2.05) is 13.8 Å². The van der Waals surface area contributed by atoms with E-state index in [9.17, 15) is 4.79 Å². The fraction of sp³-hybridized carbons (Fsp3) is 0.545. The Morgan fingerprint density at radius 2 is 2.12 bits per heavy atom. The van der Waals surface area contributed by atoms with E-state index in [-0.39, 0.29) is 11.9 Å². The Balaban J connectivity index is 2.41. The first-order valence-electron chi connectivity index (χ1n) is 5.64. The highest BCUT2D eigenvalue weighted by Crippen LogP contribution is 2.23. The number of hydrogen-bond acceptors (Lipinski definition) is 5. The van der Waals surface area contributed by atoms with Crippen LogP contribution in [0.3, 0.4) is 0 Å². The van der Waals surface area contributed by atoms with Crippen LogP contribution in [-0.2, 0) is 0 Å². The number of primary amides is 1. The molecule has 1 aliphatic heterocycles. The summed E-state index contributed by atoms with van der Waals surface area (Å²) in [4.78, 5) is 21.5. The molecular weight excluding hydrogens is 218 g/mol. The summed E-state index contributed by atoms with van der Waals surface area (Å²) in [5.74, 6) is 0.251. The van der Waals surface area contributed by atoms with Crippen molar-refractivity contribution in [2.24, 2.45) is 11.5 Å². The molecule has 2 heterocycles. The molecule has 0 spiro atoms. The predicted octanol–water partition coefficient (Wildman–Crippen LogP) is -0.270. The van der Waals surface area contributed by atoms with Gasteiger partial charge in [-0.2, -0.15) is 0 Å². The summed E-state index contributed by atoms with van der Waals surface area (Å²) in [5, 5.41) is 0. The Labute approximate surface area is 100 Å². The van der Waals surface area contributed by atoms with Crippen molar-refractivity contribution >= 4 is 11.7 Å². The standard InChI is InChI=1S/C11H17N5O/c1-6-7(2)14-10(9(13)17)15-11(6)16-4-3-8(12)5-16/h8H,3-5,12H2,1-2H3,(H2,13,17)/t8-/m1/s1. The van der Waals surface area contributed by atoms with E-state index in [0.29, 0.717) is 0 Å². The molecule has 0 unspecified atom stereocenters. The molecular formula is C11H17N5O. The highest BCUT2D eigenvalue weighted by Gasteiger charge is 2.23. The Bertz CT molecular complexity index is 459. The summed E-state index contributed by atoms with van der Waals surface area (Å²) in [5.41, 5.74) is 12.8. The highest BCUT2D eigenvalue weighted by atomic mass is 16.1. The van der Waals surface area contributed by atoms with Crippen molar-refractivity contribution in [1.29, 1.82) is 0 Å². The Morgan fingerprint density at radius 3 is 2.65 bits per heavy atom. The minimum atomic E-state index is -0.599. The van der Waals surface area contributed by atoms with Crippen LogP contribution in [0.2, 0.25) is 0 Å². The fourth-order valence-corrected chi connectivity index (χ4v) is 2.01. The van der Waals surface area contributed by atoms with Crippen LogP contribution in [0.15, 0.2) is 0 Å². The van der Waals surface area contributed by atoms with Crippen LogP contribution in [0.5, 0.6) is 0 Å². The molecule has 17 heavy (non-hydrogen) atoms. The van der Waals surface area contributed by atoms with E-state index in [1.54, 1.807) is 0 Å². The highest BCUT2D eigenvalue weighted by molar-refractivity contribution is 5.89. The number of hydrogen-bond donors (Lipinski definition) is 2. The normalized spacial score (nSPS) is 19.7. The molecule has 0 radical (unpaired) electrons. The maximum absolute atomic E-state index is 11.1. The molecule has 1 fully saturated rings. The van der Waals surface area contributed by atoms with Crippen molar-refractivity contribution in [3.05, 3.63) is 17.1 Å². The third-order valence-corrected chi connectivity index (χ3v) is 3.11. The van der Waals surface area contributed by atoms with Crippen LogP contribution < -0.4 is 16.4 Å². The number of aryl methyl sites for hydroxylation is 1. The number of carbonyl (C=O) groups excluding carboxylic acids is 1. The third kappa shape index (κ3) is 2.21. The Morgan fingerprint density at radius 1 is 1.41 bits per heavy atom. The van der Waals surface area contributed by atoms with Gasteiger partial charge in [0.1, 0.15) is 5.82 Å². The minimum absolute atomic E-state index is 0.0728. The average molecular weight is 235 g/mol. The Kier molecular flexibility index (Phi) is 2.97. The lowest BCUT2D eigenvalue weighted by Gasteiger charge is -2.20. The molecule has 4 N–H and O–H groups in total. The Hall–Kier alpha value is -1.69. The molecule has 0 aliphatic carbocycles. The van der Waals surface area contributed by atoms with Crippen molar-refractivity contribution in [3.8, 4) is 0 Å². The summed E-state index contributed by atoms with van der Waals surface area (Å²) in [6.07, 6.45) is 0.939. The van der Waals surface area contributed by atoms with Gasteiger partial charge >= 0.3 is 0 Å². The number of anilines is 1. The number of nitrogens with zero attached hydrogens (tertiary/aromatic N) is 3. The van der Waals surface area contributed by atoms with Gasteiger partial charge in [0.15, 0.2) is 0 Å². The van der Waals surface area contributed by atoms with E-state index >= 15 is 0 Å². The molecule has 1 amide bonds. The molecule has 1 atom stereocenters. The van der Waals surface area contributed by atoms with Crippen molar-refractivity contribution in [3.63, 3.8) is 0 Å². The minimum Gasteiger partial charge on any atom is -0.363 e. The first kappa shape index (κ1) is 11.8. The molecule has 6 heteroatoms. The van der Waals surface area contributed by atoms with Gasteiger partial charge in [-0.1, -0.05) is 0 Å². The van der Waals surface area contributed by atoms with Crippen molar-refractivity contribution in [2.45, 2.75) is 26.3 Å². The molecule has 1 aromatic heterocycles. The molecule has 6 nitrogen and oxygen atoms in total. The SMILES string of the molecule is Cc1nc(C(N)=O)nc(N2CC[C@@H](N)C2)c1C. The lowest BCUT2D eigenvalue weighted by Crippen LogP contribution is -2.29. The number of amides is 1. The van der Waals surface area contributed by atoms with Gasteiger partial charge in [-0.3, -0.25) is 4.79 Å². The first-order chi connectivity index (χ1) is 7.99. The van der Waals surface area contributed by atoms with Gasteiger partial charge in [-0.15, -0.1) is 0 Å². The van der Waals surface area contributed by atoms with Crippen LogP contribution >= 0.6 is 0 Å². The zero-order valence-electron chi connectivity index (χ0n) is 10.1. The monoisotopic (exact) mass is 235 g/mol. The molecule has 1 saturated heterocycles. The van der Waals surface area contributed by atoms with E-state index in [0.717, 1.165) is 36.6 Å². The first-order valence-corrected chi connectivity index (χ1v) is 5.64. The average Bonchev–Trinajstić information content (AvgIpc) is 2.68. The van der Waals surface area contributed by atoms with Crippen molar-refractivity contribution < 1.29 is 4.79 Å². The molecule has 1 aromatic rings. The molecule has 0 bridgehead atoms. The summed E-state index contributed by atoms with van der Waals surface area (Å²) >= 11 is 0. The smallest absolute Gasteiger partial charge is 0.286 e. The van der Waals surface area contributed by atoms with Crippen molar-refractivity contribution in [1.82, 2.24) is 9.97 Å². The number of carbonyl (C=O) groups is 1. The van der Waals surface area contributed by atoms with Crippen LogP contribution in [0.1, 0.15) is 28.3 Å². The largest absolute Gasteiger partial charge is 0.363 e. The van der Waals surface area contributed by atoms with E-state index in [4.69, 9.17) is 11.5 Å². The molecule has 92 valence electrons. The predicted molar refractivity (Wildman–Crippen MR) is 64.8 cm³/mol. The van der Waals surface area contributed by atoms with Crippen LogP contribution in [-0.4, -0.2) is 35.0 Å². The number of rotatable bonds is 2. The zero-order valence-corrected chi connectivity index (χ0v) is 10.1. The second kappa shape index (κ2) is 4.29. The van der Waals surface area contributed by atoms with Gasteiger partial charge in [0.2, 0.25) is 5.82 Å². The van der Waals surface area contributed by atoms with Crippen LogP contribution in [0.4, 0.5) is 5.82 Å². The van der Waals surface area contributed by atoms with Gasteiger partial charge in [0, 0.05) is 30.4 Å². The molecule has 1 aliphatic rings. The third-order valence-electron chi connectivity index (χ3n) is 3.11. The van der Waals surface area contributed by atoms with Crippen molar-refractivity contribution in [2.75, 3.05) is 18.0 Å². The second-order valence-electron chi connectivity index (χ2n) is 4.44. The molecule has 0 aromatic carbocycles. The van der Waals surface area contributed by atoms with Gasteiger partial charge < -0.3 is 16.4 Å².